The maximum Gasteiger partial charge on any atom is 0.0245 e. The van der Waals surface area contributed by atoms with Crippen molar-refractivity contribution in [3.63, 3.8) is 0 Å². The third-order valence-electron chi connectivity index (χ3n) is 2.06. The lowest BCUT2D eigenvalue weighted by atomic mass is 10.1. The summed E-state index contributed by atoms with van der Waals surface area (Å²) < 4.78 is 0. The van der Waals surface area contributed by atoms with Gasteiger partial charge in [-0.3, -0.25) is 0 Å². The highest BCUT2D eigenvalue weighted by Crippen LogP contribution is 2.23. The summed E-state index contributed by atoms with van der Waals surface area (Å²) >= 11 is 5.37. The minimum absolute atomic E-state index is 0.984. The van der Waals surface area contributed by atoms with Crippen molar-refractivity contribution in [1.82, 2.24) is 0 Å². The van der Waals surface area contributed by atoms with Crippen LogP contribution in [0.5, 0.6) is 0 Å². The van der Waals surface area contributed by atoms with Crippen molar-refractivity contribution in [3.05, 3.63) is 27.0 Å². The predicted molar refractivity (Wildman–Crippen MR) is 65.9 cm³/mol. The maximum atomic E-state index is 3.50. The van der Waals surface area contributed by atoms with Gasteiger partial charge in [0.1, 0.15) is 0 Å². The number of aryl methyl sites for hydroxylation is 2. The molecule has 0 aromatic carbocycles. The van der Waals surface area contributed by atoms with Crippen molar-refractivity contribution in [3.8, 4) is 0 Å². The third-order valence-corrected chi connectivity index (χ3v) is 3.77. The van der Waals surface area contributed by atoms with E-state index in [1.165, 1.54) is 20.9 Å². The zero-order valence-corrected chi connectivity index (χ0v) is 10.8. The standard InChI is InChI=1S/C11H15BrS/c1-4-10(7-12)6-11-5-8(2)13-9(11)3/h5-6H,4,7H2,1-3H3. The van der Waals surface area contributed by atoms with Crippen molar-refractivity contribution < 1.29 is 0 Å². The third kappa shape index (κ3) is 2.96. The molecule has 0 saturated heterocycles. The number of allylic oxidation sites excluding steroid dienone is 1. The Morgan fingerprint density at radius 2 is 2.23 bits per heavy atom. The average molecular weight is 259 g/mol. The van der Waals surface area contributed by atoms with Gasteiger partial charge in [0, 0.05) is 15.1 Å². The van der Waals surface area contributed by atoms with Crippen LogP contribution in [0.1, 0.15) is 28.7 Å². The monoisotopic (exact) mass is 258 g/mol. The molecule has 0 saturated carbocycles. The van der Waals surface area contributed by atoms with E-state index in [1.54, 1.807) is 0 Å². The van der Waals surface area contributed by atoms with Crippen LogP contribution in [-0.2, 0) is 0 Å². The summed E-state index contributed by atoms with van der Waals surface area (Å²) in [6.07, 6.45) is 3.42. The lowest BCUT2D eigenvalue weighted by Crippen LogP contribution is -1.81. The molecule has 1 rings (SSSR count). The van der Waals surface area contributed by atoms with Crippen LogP contribution >= 0.6 is 27.3 Å². The first kappa shape index (κ1) is 11.0. The summed E-state index contributed by atoms with van der Waals surface area (Å²) in [6, 6.07) is 2.26. The smallest absolute Gasteiger partial charge is 0.0245 e. The van der Waals surface area contributed by atoms with Crippen molar-refractivity contribution in [2.24, 2.45) is 0 Å². The first-order chi connectivity index (χ1) is 6.17. The minimum Gasteiger partial charge on any atom is -0.145 e. The summed E-state index contributed by atoms with van der Waals surface area (Å²) in [5.41, 5.74) is 2.85. The second-order valence-electron chi connectivity index (χ2n) is 3.16. The molecule has 0 aliphatic rings. The molecule has 0 bridgehead atoms. The molecular weight excluding hydrogens is 244 g/mol. The molecule has 0 amide bonds. The van der Waals surface area contributed by atoms with Crippen LogP contribution in [0.15, 0.2) is 11.6 Å². The number of halogens is 1. The normalized spacial score (nSPS) is 12.2. The summed E-state index contributed by atoms with van der Waals surface area (Å²) in [5, 5.41) is 0.984. The minimum atomic E-state index is 0.984. The first-order valence-electron chi connectivity index (χ1n) is 4.49. The van der Waals surface area contributed by atoms with Gasteiger partial charge in [0.05, 0.1) is 0 Å². The summed E-state index contributed by atoms with van der Waals surface area (Å²) in [4.78, 5) is 2.82. The molecule has 1 heterocycles. The summed E-state index contributed by atoms with van der Waals surface area (Å²) in [6.45, 7) is 6.54. The van der Waals surface area contributed by atoms with Gasteiger partial charge in [0.15, 0.2) is 0 Å². The highest BCUT2D eigenvalue weighted by molar-refractivity contribution is 9.09. The van der Waals surface area contributed by atoms with Crippen LogP contribution in [0, 0.1) is 13.8 Å². The first-order valence-corrected chi connectivity index (χ1v) is 6.43. The molecule has 0 aliphatic heterocycles. The number of alkyl halides is 1. The largest absolute Gasteiger partial charge is 0.145 e. The van der Waals surface area contributed by atoms with E-state index in [-0.39, 0.29) is 0 Å². The van der Waals surface area contributed by atoms with Gasteiger partial charge in [-0.15, -0.1) is 11.3 Å². The fourth-order valence-corrected chi connectivity index (χ4v) is 2.71. The second-order valence-corrected chi connectivity index (χ2v) is 5.18. The Morgan fingerprint density at radius 1 is 1.54 bits per heavy atom. The zero-order chi connectivity index (χ0) is 9.84. The van der Waals surface area contributed by atoms with Crippen LogP contribution in [0.4, 0.5) is 0 Å². The molecule has 1 aromatic heterocycles. The van der Waals surface area contributed by atoms with Gasteiger partial charge in [-0.25, -0.2) is 0 Å². The van der Waals surface area contributed by atoms with E-state index in [4.69, 9.17) is 0 Å². The van der Waals surface area contributed by atoms with E-state index in [0.717, 1.165) is 11.8 Å². The van der Waals surface area contributed by atoms with Gasteiger partial charge in [0.2, 0.25) is 0 Å². The Balaban J connectivity index is 2.95. The second kappa shape index (κ2) is 4.97. The van der Waals surface area contributed by atoms with E-state index in [0.29, 0.717) is 0 Å². The van der Waals surface area contributed by atoms with E-state index in [2.05, 4.69) is 48.8 Å². The topological polar surface area (TPSA) is 0 Å². The maximum absolute atomic E-state index is 3.50. The Bertz CT molecular complexity index is 304. The molecule has 13 heavy (non-hydrogen) atoms. The SMILES string of the molecule is CCC(=Cc1cc(C)sc1C)CBr. The van der Waals surface area contributed by atoms with Gasteiger partial charge < -0.3 is 0 Å². The molecule has 0 fully saturated rings. The van der Waals surface area contributed by atoms with Crippen molar-refractivity contribution >= 4 is 33.3 Å². The van der Waals surface area contributed by atoms with E-state index >= 15 is 0 Å². The van der Waals surface area contributed by atoms with Crippen LogP contribution < -0.4 is 0 Å². The number of rotatable bonds is 3. The van der Waals surface area contributed by atoms with E-state index < -0.39 is 0 Å². The fourth-order valence-electron chi connectivity index (χ4n) is 1.25. The van der Waals surface area contributed by atoms with Crippen LogP contribution in [0.2, 0.25) is 0 Å². The molecule has 0 nitrogen and oxygen atoms in total. The van der Waals surface area contributed by atoms with E-state index in [9.17, 15) is 0 Å². The highest BCUT2D eigenvalue weighted by atomic mass is 79.9. The lowest BCUT2D eigenvalue weighted by Gasteiger charge is -1.98. The van der Waals surface area contributed by atoms with Crippen molar-refractivity contribution in [1.29, 1.82) is 0 Å². The number of hydrogen-bond donors (Lipinski definition) is 0. The number of hydrogen-bond acceptors (Lipinski definition) is 1. The van der Waals surface area contributed by atoms with Gasteiger partial charge >= 0.3 is 0 Å². The molecule has 0 aliphatic carbocycles. The molecule has 1 aromatic rings. The molecule has 0 atom stereocenters. The quantitative estimate of drug-likeness (QED) is 0.698. The molecule has 72 valence electrons. The molecule has 0 unspecified atom stereocenters. The van der Waals surface area contributed by atoms with Gasteiger partial charge in [-0.1, -0.05) is 34.5 Å². The van der Waals surface area contributed by atoms with Gasteiger partial charge in [-0.2, -0.15) is 0 Å². The highest BCUT2D eigenvalue weighted by Gasteiger charge is 2.00. The summed E-state index contributed by atoms with van der Waals surface area (Å²) in [7, 11) is 0. The van der Waals surface area contributed by atoms with Gasteiger partial charge in [-0.05, 0) is 31.9 Å². The Morgan fingerprint density at radius 3 is 2.62 bits per heavy atom. The predicted octanol–water partition coefficient (Wildman–Crippen LogP) is 4.55. The lowest BCUT2D eigenvalue weighted by molar-refractivity contribution is 1.12. The summed E-state index contributed by atoms with van der Waals surface area (Å²) in [5.74, 6) is 0. The average Bonchev–Trinajstić information content (AvgIpc) is 2.41. The Kier molecular flexibility index (Phi) is 4.20. The van der Waals surface area contributed by atoms with Crippen LogP contribution in [0.25, 0.3) is 6.08 Å². The molecule has 0 spiro atoms. The molecular formula is C11H15BrS. The van der Waals surface area contributed by atoms with Crippen LogP contribution in [-0.4, -0.2) is 5.33 Å². The Hall–Kier alpha value is -0.0800. The van der Waals surface area contributed by atoms with Gasteiger partial charge in [0.25, 0.3) is 0 Å². The number of thiophene rings is 1. The molecule has 2 heteroatoms. The fraction of sp³-hybridized carbons (Fsp3) is 0.455. The molecule has 0 radical (unpaired) electrons. The van der Waals surface area contributed by atoms with E-state index in [1.807, 2.05) is 11.3 Å². The van der Waals surface area contributed by atoms with Crippen molar-refractivity contribution in [2.75, 3.05) is 5.33 Å². The van der Waals surface area contributed by atoms with Crippen molar-refractivity contribution in [2.45, 2.75) is 27.2 Å². The van der Waals surface area contributed by atoms with Crippen LogP contribution in [0.3, 0.4) is 0 Å². The zero-order valence-electron chi connectivity index (χ0n) is 8.36. The Labute approximate surface area is 92.8 Å². The molecule has 0 N–H and O–H groups in total.